The second-order valence-corrected chi connectivity index (χ2v) is 6.76. The number of carbonyl (C=O) groups excluding carboxylic acids is 1. The first-order valence-corrected chi connectivity index (χ1v) is 8.91. The van der Waals surface area contributed by atoms with Gasteiger partial charge in [-0.1, -0.05) is 24.3 Å². The normalized spacial score (nSPS) is 12.4. The van der Waals surface area contributed by atoms with Gasteiger partial charge in [-0.15, -0.1) is 0 Å². The zero-order valence-electron chi connectivity index (χ0n) is 15.4. The molecule has 0 atom stereocenters. The minimum absolute atomic E-state index is 0.315. The minimum Gasteiger partial charge on any atom is -0.465 e. The molecule has 4 nitrogen and oxygen atoms in total. The third-order valence-corrected chi connectivity index (χ3v) is 4.83. The van der Waals surface area contributed by atoms with Crippen LogP contribution in [-0.2, 0) is 17.6 Å². The Bertz CT molecular complexity index is 1040. The fourth-order valence-corrected chi connectivity index (χ4v) is 3.53. The van der Waals surface area contributed by atoms with Crippen LogP contribution in [0.3, 0.4) is 0 Å². The highest BCUT2D eigenvalue weighted by Crippen LogP contribution is 2.35. The quantitative estimate of drug-likeness (QED) is 0.636. The van der Waals surface area contributed by atoms with E-state index in [0.717, 1.165) is 35.4 Å². The van der Waals surface area contributed by atoms with E-state index in [1.165, 1.54) is 23.8 Å². The van der Waals surface area contributed by atoms with Gasteiger partial charge in [0.1, 0.15) is 0 Å². The third kappa shape index (κ3) is 3.51. The number of carbonyl (C=O) groups is 1. The Hall–Kier alpha value is -3.27. The number of methoxy groups -OCH3 is 1. The van der Waals surface area contributed by atoms with Crippen molar-refractivity contribution in [2.24, 2.45) is 4.99 Å². The molecule has 3 aromatic rings. The van der Waals surface area contributed by atoms with Crippen molar-refractivity contribution in [3.63, 3.8) is 0 Å². The maximum absolute atomic E-state index is 11.7. The number of rotatable bonds is 4. The van der Waals surface area contributed by atoms with Crippen molar-refractivity contribution in [1.82, 2.24) is 4.98 Å². The second kappa shape index (κ2) is 7.16. The Morgan fingerprint density at radius 1 is 1.15 bits per heavy atom. The van der Waals surface area contributed by atoms with Gasteiger partial charge in [-0.2, -0.15) is 0 Å². The van der Waals surface area contributed by atoms with Crippen LogP contribution in [0.4, 0.5) is 5.69 Å². The summed E-state index contributed by atoms with van der Waals surface area (Å²) in [5.74, 6) is -0.315. The molecule has 0 fully saturated rings. The molecule has 1 aliphatic rings. The molecule has 2 heterocycles. The van der Waals surface area contributed by atoms with Gasteiger partial charge in [0.25, 0.3) is 0 Å². The molecule has 0 radical (unpaired) electrons. The van der Waals surface area contributed by atoms with Gasteiger partial charge >= 0.3 is 5.97 Å². The predicted octanol–water partition coefficient (Wildman–Crippen LogP) is 4.71. The molecule has 134 valence electrons. The van der Waals surface area contributed by atoms with E-state index in [1.54, 1.807) is 12.3 Å². The van der Waals surface area contributed by atoms with Crippen LogP contribution in [0.25, 0.3) is 11.1 Å². The Morgan fingerprint density at radius 2 is 2.04 bits per heavy atom. The predicted molar refractivity (Wildman–Crippen MR) is 107 cm³/mol. The van der Waals surface area contributed by atoms with Crippen LogP contribution >= 0.6 is 0 Å². The van der Waals surface area contributed by atoms with Gasteiger partial charge < -0.3 is 4.74 Å². The summed E-state index contributed by atoms with van der Waals surface area (Å²) >= 11 is 0. The molecular weight excluding hydrogens is 336 g/mol. The molecule has 4 heteroatoms. The van der Waals surface area contributed by atoms with Gasteiger partial charge in [-0.3, -0.25) is 9.98 Å². The monoisotopic (exact) mass is 356 g/mol. The number of nitrogens with zero attached hydrogens (tertiary/aromatic N) is 2. The number of aromatic nitrogens is 1. The molecule has 0 bridgehead atoms. The average Bonchev–Trinajstić information content (AvgIpc) is 3.08. The Balaban J connectivity index is 1.60. The second-order valence-electron chi connectivity index (χ2n) is 6.76. The van der Waals surface area contributed by atoms with E-state index in [2.05, 4.69) is 30.1 Å². The fraction of sp³-hybridized carbons (Fsp3) is 0.174. The van der Waals surface area contributed by atoms with Crippen LogP contribution in [0.2, 0.25) is 0 Å². The van der Waals surface area contributed by atoms with Gasteiger partial charge in [0.2, 0.25) is 0 Å². The molecular formula is C23H20N2O2. The van der Waals surface area contributed by atoms with Crippen molar-refractivity contribution < 1.29 is 9.53 Å². The zero-order chi connectivity index (χ0) is 18.8. The lowest BCUT2D eigenvalue weighted by Crippen LogP contribution is -2.05. The maximum atomic E-state index is 11.7. The van der Waals surface area contributed by atoms with Gasteiger partial charge in [0.05, 0.1) is 18.4 Å². The summed E-state index contributed by atoms with van der Waals surface area (Å²) in [5.41, 5.74) is 8.51. The Kier molecular flexibility index (Phi) is 4.55. The number of esters is 1. The van der Waals surface area contributed by atoms with Gasteiger partial charge in [-0.25, -0.2) is 4.79 Å². The molecule has 0 aliphatic carbocycles. The third-order valence-electron chi connectivity index (χ3n) is 4.83. The summed E-state index contributed by atoms with van der Waals surface area (Å²) in [6.45, 7) is 2.13. The number of hydrogen-bond acceptors (Lipinski definition) is 4. The maximum Gasteiger partial charge on any atom is 0.337 e. The lowest BCUT2D eigenvalue weighted by atomic mass is 9.96. The fourth-order valence-electron chi connectivity index (χ4n) is 3.53. The van der Waals surface area contributed by atoms with E-state index < -0.39 is 0 Å². The first kappa shape index (κ1) is 17.2. The standard InChI is InChI=1S/C23H20N2O2/c1-15-9-19-12-20(11-16-5-3-6-17(10-16)23(26)27-2)25-22(19)13-21(15)18-7-4-8-24-14-18/h3-10,13-14H,11-12H2,1-2H3. The Labute approximate surface area is 158 Å². The van der Waals surface area contributed by atoms with Crippen LogP contribution in [-0.4, -0.2) is 23.8 Å². The molecule has 0 saturated carbocycles. The van der Waals surface area contributed by atoms with Crippen LogP contribution in [0.15, 0.2) is 65.9 Å². The van der Waals surface area contributed by atoms with Crippen molar-refractivity contribution in [2.45, 2.75) is 19.8 Å². The number of aryl methyl sites for hydroxylation is 1. The molecule has 2 aromatic carbocycles. The number of aliphatic imine (C=N–C) groups is 1. The topological polar surface area (TPSA) is 51.5 Å². The van der Waals surface area contributed by atoms with Crippen molar-refractivity contribution in [3.05, 3.63) is 83.2 Å². The first-order chi connectivity index (χ1) is 13.1. The van der Waals surface area contributed by atoms with E-state index in [4.69, 9.17) is 9.73 Å². The van der Waals surface area contributed by atoms with Crippen molar-refractivity contribution >= 4 is 17.4 Å². The average molecular weight is 356 g/mol. The van der Waals surface area contributed by atoms with Crippen molar-refractivity contribution in [3.8, 4) is 11.1 Å². The number of pyridine rings is 1. The van der Waals surface area contributed by atoms with Crippen molar-refractivity contribution in [2.75, 3.05) is 7.11 Å². The Morgan fingerprint density at radius 3 is 2.81 bits per heavy atom. The van der Waals surface area contributed by atoms with Gasteiger partial charge in [0.15, 0.2) is 0 Å². The highest BCUT2D eigenvalue weighted by molar-refractivity contribution is 5.97. The summed E-state index contributed by atoms with van der Waals surface area (Å²) in [7, 11) is 1.40. The molecule has 0 spiro atoms. The van der Waals surface area contributed by atoms with Crippen LogP contribution in [0, 0.1) is 6.92 Å². The summed E-state index contributed by atoms with van der Waals surface area (Å²) in [5, 5.41) is 0. The summed E-state index contributed by atoms with van der Waals surface area (Å²) in [4.78, 5) is 20.8. The number of benzene rings is 2. The molecule has 1 aromatic heterocycles. The number of fused-ring (bicyclic) bond motifs is 1. The lowest BCUT2D eigenvalue weighted by molar-refractivity contribution is 0.0600. The van der Waals surface area contributed by atoms with Gasteiger partial charge in [-0.05, 0) is 53.4 Å². The molecule has 0 amide bonds. The molecule has 0 unspecified atom stereocenters. The molecule has 0 saturated heterocycles. The smallest absolute Gasteiger partial charge is 0.337 e. The molecule has 4 rings (SSSR count). The van der Waals surface area contributed by atoms with E-state index in [-0.39, 0.29) is 5.97 Å². The zero-order valence-corrected chi connectivity index (χ0v) is 15.4. The van der Waals surface area contributed by atoms with E-state index in [9.17, 15) is 4.79 Å². The van der Waals surface area contributed by atoms with E-state index in [1.807, 2.05) is 30.5 Å². The molecule has 0 N–H and O–H groups in total. The summed E-state index contributed by atoms with van der Waals surface area (Å²) in [6, 6.07) is 15.9. The lowest BCUT2D eigenvalue weighted by Gasteiger charge is -2.08. The molecule has 27 heavy (non-hydrogen) atoms. The molecule has 1 aliphatic heterocycles. The SMILES string of the molecule is COC(=O)c1cccc(CC2=Nc3cc(-c4cccnc4)c(C)cc3C2)c1. The van der Waals surface area contributed by atoms with E-state index in [0.29, 0.717) is 5.56 Å². The summed E-state index contributed by atoms with van der Waals surface area (Å²) < 4.78 is 4.81. The van der Waals surface area contributed by atoms with Crippen LogP contribution in [0.5, 0.6) is 0 Å². The number of hydrogen-bond donors (Lipinski definition) is 0. The first-order valence-electron chi connectivity index (χ1n) is 8.91. The summed E-state index contributed by atoms with van der Waals surface area (Å²) in [6.07, 6.45) is 5.23. The highest BCUT2D eigenvalue weighted by Gasteiger charge is 2.18. The largest absolute Gasteiger partial charge is 0.465 e. The van der Waals surface area contributed by atoms with Crippen LogP contribution < -0.4 is 0 Å². The van der Waals surface area contributed by atoms with Crippen LogP contribution in [0.1, 0.15) is 27.0 Å². The van der Waals surface area contributed by atoms with Gasteiger partial charge in [0, 0.05) is 36.5 Å². The van der Waals surface area contributed by atoms with E-state index >= 15 is 0 Å². The van der Waals surface area contributed by atoms with Crippen molar-refractivity contribution in [1.29, 1.82) is 0 Å². The highest BCUT2D eigenvalue weighted by atomic mass is 16.5. The number of ether oxygens (including phenoxy) is 1. The minimum atomic E-state index is -0.315.